The number of anilines is 2. The number of rotatable bonds is 5. The summed E-state index contributed by atoms with van der Waals surface area (Å²) in [6.45, 7) is 3.91. The smallest absolute Gasteiger partial charge is 0.242 e. The van der Waals surface area contributed by atoms with Gasteiger partial charge in [0.1, 0.15) is 17.3 Å². The molecule has 2 aromatic heterocycles. The molecule has 3 heterocycles. The van der Waals surface area contributed by atoms with E-state index in [4.69, 9.17) is 0 Å². The molecule has 1 amide bonds. The van der Waals surface area contributed by atoms with Crippen molar-refractivity contribution in [2.24, 2.45) is 0 Å². The number of hydrogen-bond donors (Lipinski definition) is 2. The number of aromatic nitrogens is 2. The summed E-state index contributed by atoms with van der Waals surface area (Å²) >= 11 is 0. The van der Waals surface area contributed by atoms with Gasteiger partial charge in [-0.25, -0.2) is 9.97 Å². The number of benzene rings is 1. The Labute approximate surface area is 189 Å². The van der Waals surface area contributed by atoms with Crippen molar-refractivity contribution < 1.29 is 4.79 Å². The minimum atomic E-state index is -0.322. The fourth-order valence-electron chi connectivity index (χ4n) is 3.55. The molecule has 32 heavy (non-hydrogen) atoms. The van der Waals surface area contributed by atoms with Crippen LogP contribution in [0.3, 0.4) is 0 Å². The zero-order valence-corrected chi connectivity index (χ0v) is 18.4. The topological polar surface area (TPSA) is 70.2 Å². The highest BCUT2D eigenvalue weighted by atomic mass is 16.2. The normalized spacial score (nSPS) is 13.9. The third kappa shape index (κ3) is 5.13. The molecule has 3 aromatic rings. The van der Waals surface area contributed by atoms with E-state index in [1.165, 1.54) is 12.8 Å². The van der Waals surface area contributed by atoms with Gasteiger partial charge in [-0.15, -0.1) is 0 Å². The first kappa shape index (κ1) is 21.5. The lowest BCUT2D eigenvalue weighted by atomic mass is 10.1. The highest BCUT2D eigenvalue weighted by molar-refractivity contribution is 5.94. The van der Waals surface area contributed by atoms with E-state index in [0.717, 1.165) is 35.6 Å². The number of carbonyl (C=O) groups is 1. The molecule has 1 aliphatic heterocycles. The molecular weight excluding hydrogens is 398 g/mol. The highest BCUT2D eigenvalue weighted by Gasteiger charge is 2.15. The van der Waals surface area contributed by atoms with Gasteiger partial charge in [0.05, 0.1) is 6.04 Å². The van der Waals surface area contributed by atoms with E-state index in [-0.39, 0.29) is 11.9 Å². The number of nitrogens with zero attached hydrogens (tertiary/aromatic N) is 3. The number of hydrogen-bond acceptors (Lipinski definition) is 5. The van der Waals surface area contributed by atoms with Gasteiger partial charge in [0.25, 0.3) is 0 Å². The van der Waals surface area contributed by atoms with Crippen LogP contribution in [0.5, 0.6) is 0 Å². The number of amides is 1. The zero-order chi connectivity index (χ0) is 22.3. The fraction of sp³-hybridized carbons (Fsp3) is 0.269. The van der Waals surface area contributed by atoms with Crippen LogP contribution in [0.25, 0.3) is 11.1 Å². The van der Waals surface area contributed by atoms with Crippen LogP contribution in [0.4, 0.5) is 11.6 Å². The Bertz CT molecular complexity index is 1130. The molecule has 6 nitrogen and oxygen atoms in total. The predicted molar refractivity (Wildman–Crippen MR) is 128 cm³/mol. The highest BCUT2D eigenvalue weighted by Crippen LogP contribution is 2.26. The molecule has 0 saturated carbocycles. The zero-order valence-electron chi connectivity index (χ0n) is 18.4. The van der Waals surface area contributed by atoms with Crippen molar-refractivity contribution in [3.05, 3.63) is 72.1 Å². The minimum absolute atomic E-state index is 0.147. The fourth-order valence-corrected chi connectivity index (χ4v) is 3.55. The van der Waals surface area contributed by atoms with E-state index in [2.05, 4.69) is 49.5 Å². The molecule has 1 aliphatic rings. The Kier molecular flexibility index (Phi) is 6.78. The third-order valence-corrected chi connectivity index (χ3v) is 5.56. The van der Waals surface area contributed by atoms with Crippen molar-refractivity contribution in [2.45, 2.75) is 25.8 Å². The van der Waals surface area contributed by atoms with Crippen molar-refractivity contribution in [2.75, 3.05) is 30.4 Å². The molecule has 162 valence electrons. The van der Waals surface area contributed by atoms with E-state index in [9.17, 15) is 4.79 Å². The number of nitrogens with one attached hydrogen (secondary N) is 2. The number of carbonyl (C=O) groups excluding carboxylic acids is 1. The van der Waals surface area contributed by atoms with Crippen LogP contribution in [0, 0.1) is 11.8 Å². The molecule has 2 N–H and O–H groups in total. The maximum absolute atomic E-state index is 12.3. The van der Waals surface area contributed by atoms with Crippen LogP contribution >= 0.6 is 0 Å². The number of pyridine rings is 2. The van der Waals surface area contributed by atoms with Gasteiger partial charge in [0.2, 0.25) is 5.91 Å². The molecule has 0 bridgehead atoms. The molecule has 6 heteroatoms. The van der Waals surface area contributed by atoms with E-state index in [1.54, 1.807) is 20.0 Å². The summed E-state index contributed by atoms with van der Waals surface area (Å²) in [4.78, 5) is 23.9. The summed E-state index contributed by atoms with van der Waals surface area (Å²) in [7, 11) is 1.75. The second-order valence-corrected chi connectivity index (χ2v) is 7.81. The summed E-state index contributed by atoms with van der Waals surface area (Å²) in [5, 5.41) is 5.79. The first-order valence-corrected chi connectivity index (χ1v) is 10.9. The summed E-state index contributed by atoms with van der Waals surface area (Å²) in [6, 6.07) is 17.3. The molecule has 1 saturated heterocycles. The van der Waals surface area contributed by atoms with E-state index < -0.39 is 0 Å². The average Bonchev–Trinajstić information content (AvgIpc) is 3.38. The molecule has 1 atom stereocenters. The Balaban J connectivity index is 1.67. The van der Waals surface area contributed by atoms with Gasteiger partial charge in [0.15, 0.2) is 0 Å². The maximum atomic E-state index is 12.3. The maximum Gasteiger partial charge on any atom is 0.242 e. The van der Waals surface area contributed by atoms with Crippen molar-refractivity contribution in [3.63, 3.8) is 0 Å². The quantitative estimate of drug-likeness (QED) is 0.610. The van der Waals surface area contributed by atoms with Crippen molar-refractivity contribution in [1.82, 2.24) is 15.3 Å². The van der Waals surface area contributed by atoms with Crippen LogP contribution < -0.4 is 15.5 Å². The van der Waals surface area contributed by atoms with Gasteiger partial charge < -0.3 is 15.5 Å². The van der Waals surface area contributed by atoms with Crippen LogP contribution in [-0.4, -0.2) is 42.1 Å². The Morgan fingerprint density at radius 1 is 1.03 bits per heavy atom. The molecule has 1 unspecified atom stereocenters. The van der Waals surface area contributed by atoms with Gasteiger partial charge in [-0.2, -0.15) is 0 Å². The molecule has 0 spiro atoms. The third-order valence-electron chi connectivity index (χ3n) is 5.56. The van der Waals surface area contributed by atoms with Crippen molar-refractivity contribution in [3.8, 4) is 23.0 Å². The molecule has 4 rings (SSSR count). The molecule has 1 fully saturated rings. The van der Waals surface area contributed by atoms with E-state index in [1.807, 2.05) is 42.6 Å². The first-order valence-electron chi connectivity index (χ1n) is 10.9. The second kappa shape index (κ2) is 10.1. The van der Waals surface area contributed by atoms with Gasteiger partial charge in [-0.05, 0) is 69.1 Å². The predicted octanol–water partition coefficient (Wildman–Crippen LogP) is 3.69. The lowest BCUT2D eigenvalue weighted by molar-refractivity contribution is -0.117. The Hall–Kier alpha value is -3.69. The summed E-state index contributed by atoms with van der Waals surface area (Å²) in [5.74, 6) is 7.69. The summed E-state index contributed by atoms with van der Waals surface area (Å²) in [5.41, 5.74) is 3.33. The van der Waals surface area contributed by atoms with Crippen LogP contribution in [0.1, 0.15) is 31.0 Å². The minimum Gasteiger partial charge on any atom is -0.357 e. The van der Waals surface area contributed by atoms with Crippen molar-refractivity contribution in [1.29, 1.82) is 0 Å². The Morgan fingerprint density at radius 2 is 1.81 bits per heavy atom. The van der Waals surface area contributed by atoms with Gasteiger partial charge in [0, 0.05) is 36.0 Å². The number of likely N-dealkylation sites (N-methyl/N-ethyl adjacent to an activating group) is 1. The molecule has 1 aromatic carbocycles. The van der Waals surface area contributed by atoms with Crippen molar-refractivity contribution >= 4 is 17.5 Å². The standard InChI is InChI=1S/C26H27N5O/c1-19(27-2)26(32)30-24-14-12-22(23(29-24)13-10-20-8-4-3-5-9-20)21-11-15-25(28-18-21)31-16-6-7-17-31/h3-5,8-9,11-12,14-15,18-19,27H,6-7,16-17H2,1-2H3,(H,29,30,32). The second-order valence-electron chi connectivity index (χ2n) is 7.81. The van der Waals surface area contributed by atoms with Crippen LogP contribution in [0.2, 0.25) is 0 Å². The lowest BCUT2D eigenvalue weighted by Gasteiger charge is -2.16. The lowest BCUT2D eigenvalue weighted by Crippen LogP contribution is -2.35. The van der Waals surface area contributed by atoms with Gasteiger partial charge in [-0.3, -0.25) is 4.79 Å². The van der Waals surface area contributed by atoms with Gasteiger partial charge in [-0.1, -0.05) is 24.1 Å². The van der Waals surface area contributed by atoms with E-state index >= 15 is 0 Å². The monoisotopic (exact) mass is 425 g/mol. The molecule has 0 aliphatic carbocycles. The molecular formula is C26H27N5O. The molecule has 0 radical (unpaired) electrons. The van der Waals surface area contributed by atoms with Crippen LogP contribution in [-0.2, 0) is 4.79 Å². The largest absolute Gasteiger partial charge is 0.357 e. The SMILES string of the molecule is CNC(C)C(=O)Nc1ccc(-c2ccc(N3CCCC3)nc2)c(C#Cc2ccccc2)n1. The van der Waals surface area contributed by atoms with E-state index in [0.29, 0.717) is 11.5 Å². The first-order chi connectivity index (χ1) is 15.6. The van der Waals surface area contributed by atoms with Gasteiger partial charge >= 0.3 is 0 Å². The van der Waals surface area contributed by atoms with Crippen LogP contribution in [0.15, 0.2) is 60.8 Å². The average molecular weight is 426 g/mol. The summed E-state index contributed by atoms with van der Waals surface area (Å²) < 4.78 is 0. The summed E-state index contributed by atoms with van der Waals surface area (Å²) in [6.07, 6.45) is 4.30. The Morgan fingerprint density at radius 3 is 2.50 bits per heavy atom.